The number of rotatable bonds is 6. The fourth-order valence-electron chi connectivity index (χ4n) is 4.45. The van der Waals surface area contributed by atoms with Crippen LogP contribution in [0, 0.1) is 33.6 Å². The first-order valence-corrected chi connectivity index (χ1v) is 12.6. The molecule has 2 aromatic rings. The molecule has 1 saturated heterocycles. The van der Waals surface area contributed by atoms with Crippen LogP contribution in [0.2, 0.25) is 0 Å². The number of sulfonamides is 1. The lowest BCUT2D eigenvalue weighted by atomic mass is 9.97. The fraction of sp³-hybridized carbons (Fsp3) is 0.500. The molecular weight excluding hydrogens is 442 g/mol. The summed E-state index contributed by atoms with van der Waals surface area (Å²) in [5, 5.41) is 2.97. The zero-order valence-corrected chi connectivity index (χ0v) is 21.0. The summed E-state index contributed by atoms with van der Waals surface area (Å²) < 4.78 is 35.3. The third-order valence-corrected chi connectivity index (χ3v) is 8.38. The van der Waals surface area contributed by atoms with Crippen molar-refractivity contribution >= 4 is 27.6 Å². The molecular formula is C24H33N3O5S. The molecule has 0 spiro atoms. The highest BCUT2D eigenvalue weighted by molar-refractivity contribution is 7.89. The van der Waals surface area contributed by atoms with E-state index in [1.807, 2.05) is 32.0 Å². The predicted octanol–water partition coefficient (Wildman–Crippen LogP) is 3.47. The Morgan fingerprint density at radius 2 is 1.61 bits per heavy atom. The van der Waals surface area contributed by atoms with Crippen molar-refractivity contribution in [2.75, 3.05) is 25.0 Å². The molecule has 9 heteroatoms. The number of nitrogens with one attached hydrogen (secondary N) is 1. The molecule has 1 aliphatic heterocycles. The van der Waals surface area contributed by atoms with Crippen molar-refractivity contribution in [3.05, 3.63) is 46.3 Å². The van der Waals surface area contributed by atoms with E-state index in [1.54, 1.807) is 32.4 Å². The van der Waals surface area contributed by atoms with Gasteiger partial charge < -0.3 is 14.6 Å². The Labute approximate surface area is 196 Å². The number of esters is 1. The van der Waals surface area contributed by atoms with E-state index in [0.29, 0.717) is 24.2 Å². The van der Waals surface area contributed by atoms with Gasteiger partial charge in [-0.05, 0) is 70.7 Å². The molecule has 1 N–H and O–H groups in total. The summed E-state index contributed by atoms with van der Waals surface area (Å²) in [6.45, 7) is 9.62. The Hall–Kier alpha value is -2.65. The lowest BCUT2D eigenvalue weighted by Gasteiger charge is -2.30. The van der Waals surface area contributed by atoms with Gasteiger partial charge in [0.15, 0.2) is 0 Å². The van der Waals surface area contributed by atoms with Crippen LogP contribution in [0.15, 0.2) is 23.1 Å². The van der Waals surface area contributed by atoms with Crippen molar-refractivity contribution < 1.29 is 22.7 Å². The Kier molecular flexibility index (Phi) is 7.33. The first kappa shape index (κ1) is 25.0. The number of nitrogens with zero attached hydrogens (tertiary/aromatic N) is 2. The number of aryl methyl sites for hydroxylation is 2. The second kappa shape index (κ2) is 9.69. The normalized spacial score (nSPS) is 15.5. The van der Waals surface area contributed by atoms with Crippen molar-refractivity contribution in [3.8, 4) is 0 Å². The maximum absolute atomic E-state index is 13.5. The van der Waals surface area contributed by atoms with Gasteiger partial charge in [-0.25, -0.2) is 13.2 Å². The Morgan fingerprint density at radius 3 is 2.15 bits per heavy atom. The fourth-order valence-corrected chi connectivity index (χ4v) is 6.40. The number of anilines is 1. The van der Waals surface area contributed by atoms with Gasteiger partial charge in [-0.3, -0.25) is 4.79 Å². The Morgan fingerprint density at radius 1 is 1.03 bits per heavy atom. The molecule has 0 radical (unpaired) electrons. The third-order valence-electron chi connectivity index (χ3n) is 6.32. The van der Waals surface area contributed by atoms with E-state index >= 15 is 0 Å². The number of piperidine rings is 1. The number of carbonyl (C=O) groups is 2. The molecule has 33 heavy (non-hydrogen) atoms. The molecule has 3 rings (SSSR count). The molecule has 1 aromatic carbocycles. The van der Waals surface area contributed by atoms with E-state index in [0.717, 1.165) is 16.8 Å². The van der Waals surface area contributed by atoms with Crippen molar-refractivity contribution in [2.24, 2.45) is 13.0 Å². The van der Waals surface area contributed by atoms with E-state index in [1.165, 1.54) is 4.31 Å². The largest absolute Gasteiger partial charge is 0.462 e. The van der Waals surface area contributed by atoms with Crippen LogP contribution < -0.4 is 5.32 Å². The summed E-state index contributed by atoms with van der Waals surface area (Å²) in [4.78, 5) is 25.4. The molecule has 8 nitrogen and oxygen atoms in total. The first-order valence-electron chi connectivity index (χ1n) is 11.2. The summed E-state index contributed by atoms with van der Waals surface area (Å²) >= 11 is 0. The van der Waals surface area contributed by atoms with Crippen LogP contribution in [0.5, 0.6) is 0 Å². The van der Waals surface area contributed by atoms with Gasteiger partial charge in [-0.15, -0.1) is 0 Å². The number of aromatic nitrogens is 1. The van der Waals surface area contributed by atoms with Crippen LogP contribution >= 0.6 is 0 Å². The van der Waals surface area contributed by atoms with Crippen LogP contribution in [0.4, 0.5) is 5.69 Å². The summed E-state index contributed by atoms with van der Waals surface area (Å²) in [6, 6.07) is 5.88. The van der Waals surface area contributed by atoms with Crippen molar-refractivity contribution in [3.63, 3.8) is 0 Å². The predicted molar refractivity (Wildman–Crippen MR) is 127 cm³/mol. The summed E-state index contributed by atoms with van der Waals surface area (Å²) in [5.74, 6) is -1.02. The first-order chi connectivity index (χ1) is 15.5. The highest BCUT2D eigenvalue weighted by Gasteiger charge is 2.38. The number of ether oxygens (including phenoxy) is 1. The number of benzene rings is 1. The van der Waals surface area contributed by atoms with E-state index in [4.69, 9.17) is 4.74 Å². The second-order valence-corrected chi connectivity index (χ2v) is 10.6. The molecule has 1 aliphatic rings. The molecule has 180 valence electrons. The van der Waals surface area contributed by atoms with Crippen LogP contribution in [0.1, 0.15) is 52.6 Å². The third kappa shape index (κ3) is 4.99. The van der Waals surface area contributed by atoms with Gasteiger partial charge in [0.05, 0.1) is 6.61 Å². The summed E-state index contributed by atoms with van der Waals surface area (Å²) in [7, 11) is -2.20. The molecule has 0 bridgehead atoms. The maximum Gasteiger partial charge on any atom is 0.341 e. The van der Waals surface area contributed by atoms with Gasteiger partial charge in [-0.2, -0.15) is 4.31 Å². The summed E-state index contributed by atoms with van der Waals surface area (Å²) in [5.41, 5.74) is 4.01. The van der Waals surface area contributed by atoms with Gasteiger partial charge in [0.25, 0.3) is 0 Å². The minimum absolute atomic E-state index is 0.000845. The van der Waals surface area contributed by atoms with E-state index < -0.39 is 16.0 Å². The lowest BCUT2D eigenvalue weighted by molar-refractivity contribution is -0.120. The van der Waals surface area contributed by atoms with E-state index in [-0.39, 0.29) is 42.0 Å². The van der Waals surface area contributed by atoms with Crippen LogP contribution in [-0.2, 0) is 26.6 Å². The topological polar surface area (TPSA) is 97.7 Å². The standard InChI is InChI=1S/C24H33N3O5S/c1-7-32-24(29)21-17(4)26(6)18(5)22(21)33(30,31)27-10-8-19(9-11-27)23(28)25-20-13-15(2)12-16(3)14-20/h12-14,19H,7-11H2,1-6H3,(H,25,28). The zero-order chi connectivity index (χ0) is 24.5. The molecule has 1 aromatic heterocycles. The molecule has 1 fully saturated rings. The van der Waals surface area contributed by atoms with Gasteiger partial charge in [0.2, 0.25) is 15.9 Å². The van der Waals surface area contributed by atoms with Gasteiger partial charge in [0, 0.05) is 43.1 Å². The van der Waals surface area contributed by atoms with Gasteiger partial charge in [-0.1, -0.05) is 6.07 Å². The summed E-state index contributed by atoms with van der Waals surface area (Å²) in [6.07, 6.45) is 0.824. The zero-order valence-electron chi connectivity index (χ0n) is 20.2. The number of hydrogen-bond acceptors (Lipinski definition) is 5. The van der Waals surface area contributed by atoms with Crippen molar-refractivity contribution in [1.82, 2.24) is 8.87 Å². The Bertz CT molecular complexity index is 1150. The molecule has 1 amide bonds. The molecule has 0 aliphatic carbocycles. The van der Waals surface area contributed by atoms with Crippen LogP contribution in [-0.4, -0.2) is 48.9 Å². The number of hydrogen-bond donors (Lipinski definition) is 1. The van der Waals surface area contributed by atoms with Crippen molar-refractivity contribution in [1.29, 1.82) is 0 Å². The van der Waals surface area contributed by atoms with Gasteiger partial charge in [0.1, 0.15) is 10.5 Å². The molecule has 2 heterocycles. The molecule has 0 atom stereocenters. The average molecular weight is 476 g/mol. The van der Waals surface area contributed by atoms with Crippen LogP contribution in [0.3, 0.4) is 0 Å². The Balaban J connectivity index is 1.77. The number of amides is 1. The minimum Gasteiger partial charge on any atom is -0.462 e. The average Bonchev–Trinajstić information content (AvgIpc) is 2.98. The molecule has 0 saturated carbocycles. The highest BCUT2D eigenvalue weighted by Crippen LogP contribution is 2.32. The lowest BCUT2D eigenvalue weighted by Crippen LogP contribution is -2.42. The highest BCUT2D eigenvalue weighted by atomic mass is 32.2. The maximum atomic E-state index is 13.5. The quantitative estimate of drug-likeness (QED) is 0.645. The minimum atomic E-state index is -3.93. The van der Waals surface area contributed by atoms with Crippen LogP contribution in [0.25, 0.3) is 0 Å². The van der Waals surface area contributed by atoms with E-state index in [2.05, 4.69) is 5.32 Å². The van der Waals surface area contributed by atoms with Gasteiger partial charge >= 0.3 is 5.97 Å². The SMILES string of the molecule is CCOC(=O)c1c(S(=O)(=O)N2CCC(C(=O)Nc3cc(C)cc(C)c3)CC2)c(C)n(C)c1C. The second-order valence-electron chi connectivity index (χ2n) is 8.70. The monoisotopic (exact) mass is 475 g/mol. The molecule has 0 unspecified atom stereocenters. The van der Waals surface area contributed by atoms with E-state index in [9.17, 15) is 18.0 Å². The van der Waals surface area contributed by atoms with Crippen molar-refractivity contribution in [2.45, 2.75) is 52.4 Å². The smallest absolute Gasteiger partial charge is 0.341 e. The number of carbonyl (C=O) groups excluding carboxylic acids is 2.